The highest BCUT2D eigenvalue weighted by Crippen LogP contribution is 2.16. The van der Waals surface area contributed by atoms with Crippen LogP contribution in [0.25, 0.3) is 0 Å². The van der Waals surface area contributed by atoms with Crippen molar-refractivity contribution in [2.75, 3.05) is 13.7 Å². The van der Waals surface area contributed by atoms with E-state index in [1.165, 1.54) is 0 Å². The second kappa shape index (κ2) is 7.69. The lowest BCUT2D eigenvalue weighted by molar-refractivity contribution is -0.141. The van der Waals surface area contributed by atoms with Crippen LogP contribution in [0.4, 0.5) is 0 Å². The molecule has 0 aliphatic rings. The van der Waals surface area contributed by atoms with Gasteiger partial charge in [0.2, 0.25) is 0 Å². The van der Waals surface area contributed by atoms with Gasteiger partial charge < -0.3 is 19.9 Å². The Bertz CT molecular complexity index is 503. The van der Waals surface area contributed by atoms with Gasteiger partial charge in [0.05, 0.1) is 7.11 Å². The first-order valence-electron chi connectivity index (χ1n) is 5.79. The van der Waals surface area contributed by atoms with Gasteiger partial charge >= 0.3 is 5.97 Å². The molecule has 0 spiro atoms. The first-order valence-corrected chi connectivity index (χ1v) is 5.79. The van der Waals surface area contributed by atoms with Crippen LogP contribution in [-0.4, -0.2) is 36.7 Å². The molecule has 0 saturated carbocycles. The van der Waals surface area contributed by atoms with Gasteiger partial charge in [-0.2, -0.15) is 0 Å². The number of ether oxygens (including phenoxy) is 2. The Hall–Kier alpha value is -2.68. The van der Waals surface area contributed by atoms with E-state index in [1.807, 2.05) is 0 Å². The van der Waals surface area contributed by atoms with Crippen LogP contribution < -0.4 is 14.8 Å². The van der Waals surface area contributed by atoms with Crippen molar-refractivity contribution < 1.29 is 24.2 Å². The fraction of sp³-hybridized carbons (Fsp3) is 0.286. The van der Waals surface area contributed by atoms with Crippen LogP contribution in [0.1, 0.15) is 6.42 Å². The summed E-state index contributed by atoms with van der Waals surface area (Å²) in [7, 11) is 1.54. The Balaban J connectivity index is 2.46. The van der Waals surface area contributed by atoms with Crippen LogP contribution in [0.2, 0.25) is 0 Å². The molecule has 1 aromatic carbocycles. The Morgan fingerprint density at radius 1 is 1.35 bits per heavy atom. The van der Waals surface area contributed by atoms with E-state index in [0.717, 1.165) is 0 Å². The molecule has 2 N–H and O–H groups in total. The molecule has 1 atom stereocenters. The third kappa shape index (κ3) is 4.90. The number of terminal acetylenes is 1. The van der Waals surface area contributed by atoms with Crippen molar-refractivity contribution in [3.05, 3.63) is 24.3 Å². The molecule has 0 aliphatic carbocycles. The first-order chi connectivity index (χ1) is 9.56. The number of benzene rings is 1. The van der Waals surface area contributed by atoms with Gasteiger partial charge in [0.1, 0.15) is 17.5 Å². The van der Waals surface area contributed by atoms with Crippen molar-refractivity contribution >= 4 is 11.9 Å². The van der Waals surface area contributed by atoms with E-state index in [0.29, 0.717) is 11.5 Å². The SMILES string of the molecule is C#CCC(NC(=O)COc1ccc(OC)cc1)C(=O)O. The third-order valence-electron chi connectivity index (χ3n) is 2.38. The molecule has 0 saturated heterocycles. The monoisotopic (exact) mass is 277 g/mol. The molecular weight excluding hydrogens is 262 g/mol. The van der Waals surface area contributed by atoms with Crippen LogP contribution in [-0.2, 0) is 9.59 Å². The Labute approximate surface area is 116 Å². The van der Waals surface area contributed by atoms with E-state index in [9.17, 15) is 9.59 Å². The highest BCUT2D eigenvalue weighted by Gasteiger charge is 2.18. The van der Waals surface area contributed by atoms with Crippen LogP contribution in [0.15, 0.2) is 24.3 Å². The third-order valence-corrected chi connectivity index (χ3v) is 2.38. The summed E-state index contributed by atoms with van der Waals surface area (Å²) in [5.41, 5.74) is 0. The molecule has 1 amide bonds. The van der Waals surface area contributed by atoms with Gasteiger partial charge in [0.15, 0.2) is 6.61 Å². The van der Waals surface area contributed by atoms with Crippen molar-refractivity contribution in [1.82, 2.24) is 5.32 Å². The van der Waals surface area contributed by atoms with Crippen molar-refractivity contribution in [3.63, 3.8) is 0 Å². The first kappa shape index (κ1) is 15.4. The molecule has 0 aliphatic heterocycles. The maximum Gasteiger partial charge on any atom is 0.327 e. The van der Waals surface area contributed by atoms with Gasteiger partial charge in [0.25, 0.3) is 5.91 Å². The zero-order chi connectivity index (χ0) is 15.0. The van der Waals surface area contributed by atoms with Crippen LogP contribution >= 0.6 is 0 Å². The minimum absolute atomic E-state index is 0.0798. The molecule has 0 radical (unpaired) electrons. The number of methoxy groups -OCH3 is 1. The van der Waals surface area contributed by atoms with Gasteiger partial charge in [-0.25, -0.2) is 4.79 Å². The zero-order valence-corrected chi connectivity index (χ0v) is 11.0. The van der Waals surface area contributed by atoms with Crippen molar-refractivity contribution in [1.29, 1.82) is 0 Å². The molecule has 0 aromatic heterocycles. The van der Waals surface area contributed by atoms with E-state index in [-0.39, 0.29) is 13.0 Å². The molecule has 1 unspecified atom stereocenters. The molecule has 0 heterocycles. The number of nitrogens with one attached hydrogen (secondary N) is 1. The number of aliphatic carboxylic acids is 1. The number of carboxylic acids is 1. The average molecular weight is 277 g/mol. The summed E-state index contributed by atoms with van der Waals surface area (Å²) in [5, 5.41) is 11.1. The Kier molecular flexibility index (Phi) is 5.91. The molecule has 6 heteroatoms. The van der Waals surface area contributed by atoms with E-state index >= 15 is 0 Å². The zero-order valence-electron chi connectivity index (χ0n) is 11.0. The summed E-state index contributed by atoms with van der Waals surface area (Å²) in [6, 6.07) is 5.55. The highest BCUT2D eigenvalue weighted by molar-refractivity contribution is 5.84. The maximum absolute atomic E-state index is 11.5. The van der Waals surface area contributed by atoms with Gasteiger partial charge in [-0.15, -0.1) is 12.3 Å². The number of amides is 1. The van der Waals surface area contributed by atoms with E-state index < -0.39 is 17.9 Å². The predicted molar refractivity (Wildman–Crippen MR) is 71.5 cm³/mol. The Morgan fingerprint density at radius 2 is 1.95 bits per heavy atom. The fourth-order valence-electron chi connectivity index (χ4n) is 1.37. The minimum Gasteiger partial charge on any atom is -0.497 e. The number of rotatable bonds is 7. The van der Waals surface area contributed by atoms with Gasteiger partial charge in [-0.1, -0.05) is 0 Å². The molecule has 20 heavy (non-hydrogen) atoms. The topological polar surface area (TPSA) is 84.9 Å². The lowest BCUT2D eigenvalue weighted by Crippen LogP contribution is -2.42. The predicted octanol–water partition coefficient (Wildman–Crippen LogP) is 0.667. The smallest absolute Gasteiger partial charge is 0.327 e. The summed E-state index contributed by atoms with van der Waals surface area (Å²) < 4.78 is 10.2. The summed E-state index contributed by atoms with van der Waals surface area (Å²) in [6.45, 7) is -0.291. The quantitative estimate of drug-likeness (QED) is 0.715. The van der Waals surface area contributed by atoms with E-state index in [2.05, 4.69) is 11.2 Å². The number of carboxylic acid groups (broad SMARTS) is 1. The normalized spacial score (nSPS) is 11.0. The molecule has 0 fully saturated rings. The number of carbonyl (C=O) groups excluding carboxylic acids is 1. The average Bonchev–Trinajstić information content (AvgIpc) is 2.45. The van der Waals surface area contributed by atoms with Gasteiger partial charge in [-0.05, 0) is 24.3 Å². The maximum atomic E-state index is 11.5. The number of hydrogen-bond donors (Lipinski definition) is 2. The van der Waals surface area contributed by atoms with E-state index in [4.69, 9.17) is 21.0 Å². The van der Waals surface area contributed by atoms with Crippen molar-refractivity contribution in [2.24, 2.45) is 0 Å². The lowest BCUT2D eigenvalue weighted by atomic mass is 10.2. The standard InChI is InChI=1S/C14H15NO5/c1-3-4-12(14(17)18)15-13(16)9-20-11-7-5-10(19-2)6-8-11/h1,5-8,12H,4,9H2,2H3,(H,15,16)(H,17,18). The Morgan fingerprint density at radius 3 is 2.45 bits per heavy atom. The van der Waals surface area contributed by atoms with Crippen LogP contribution in [0.3, 0.4) is 0 Å². The molecule has 6 nitrogen and oxygen atoms in total. The molecule has 1 rings (SSSR count). The molecular formula is C14H15NO5. The largest absolute Gasteiger partial charge is 0.497 e. The minimum atomic E-state index is -1.18. The van der Waals surface area contributed by atoms with Crippen molar-refractivity contribution in [3.8, 4) is 23.8 Å². The highest BCUT2D eigenvalue weighted by atomic mass is 16.5. The molecule has 0 bridgehead atoms. The molecule has 1 aromatic rings. The second-order valence-corrected chi connectivity index (χ2v) is 3.83. The summed E-state index contributed by atoms with van der Waals surface area (Å²) in [4.78, 5) is 22.3. The molecule has 106 valence electrons. The van der Waals surface area contributed by atoms with Gasteiger partial charge in [0, 0.05) is 6.42 Å². The second-order valence-electron chi connectivity index (χ2n) is 3.83. The number of hydrogen-bond acceptors (Lipinski definition) is 4. The summed E-state index contributed by atoms with van der Waals surface area (Å²) in [6.07, 6.45) is 4.95. The number of carbonyl (C=O) groups is 2. The fourth-order valence-corrected chi connectivity index (χ4v) is 1.37. The summed E-state index contributed by atoms with van der Waals surface area (Å²) in [5.74, 6) is 1.60. The van der Waals surface area contributed by atoms with Crippen LogP contribution in [0, 0.1) is 12.3 Å². The van der Waals surface area contributed by atoms with Crippen LogP contribution in [0.5, 0.6) is 11.5 Å². The lowest BCUT2D eigenvalue weighted by Gasteiger charge is -2.12. The van der Waals surface area contributed by atoms with Crippen molar-refractivity contribution in [2.45, 2.75) is 12.5 Å². The van der Waals surface area contributed by atoms with Gasteiger partial charge in [-0.3, -0.25) is 4.79 Å². The summed E-state index contributed by atoms with van der Waals surface area (Å²) >= 11 is 0. The van der Waals surface area contributed by atoms with E-state index in [1.54, 1.807) is 31.4 Å².